The van der Waals surface area contributed by atoms with E-state index in [2.05, 4.69) is 23.1 Å². The third-order valence-electron chi connectivity index (χ3n) is 4.78. The number of β-amino-alcohol motifs (C(OH)–C–C–N with tert-alkyl or cyclic N) is 1. The summed E-state index contributed by atoms with van der Waals surface area (Å²) in [7, 11) is -3.20. The number of fused-ring (bicyclic) bond motifs is 1. The van der Waals surface area contributed by atoms with E-state index >= 15 is 0 Å². The number of aliphatic hydroxyl groups is 1. The second-order valence-electron chi connectivity index (χ2n) is 6.44. The fourth-order valence-electron chi connectivity index (χ4n) is 3.47. The van der Waals surface area contributed by atoms with Gasteiger partial charge in [0.2, 0.25) is 10.0 Å². The Kier molecular flexibility index (Phi) is 4.29. The topological polar surface area (TPSA) is 60.9 Å². The summed E-state index contributed by atoms with van der Waals surface area (Å²) in [6.45, 7) is 4.59. The number of hydrogen-bond acceptors (Lipinski definition) is 4. The Morgan fingerprint density at radius 2 is 1.95 bits per heavy atom. The molecule has 0 aliphatic carbocycles. The van der Waals surface area contributed by atoms with E-state index in [9.17, 15) is 13.5 Å². The Morgan fingerprint density at radius 3 is 2.68 bits per heavy atom. The molecule has 6 heteroatoms. The van der Waals surface area contributed by atoms with Crippen LogP contribution in [0.4, 0.5) is 0 Å². The van der Waals surface area contributed by atoms with Crippen molar-refractivity contribution in [1.82, 2.24) is 9.21 Å². The van der Waals surface area contributed by atoms with Crippen molar-refractivity contribution in [2.75, 3.05) is 31.9 Å². The van der Waals surface area contributed by atoms with Gasteiger partial charge >= 0.3 is 0 Å². The van der Waals surface area contributed by atoms with E-state index in [1.165, 1.54) is 15.4 Å². The summed E-state index contributed by atoms with van der Waals surface area (Å²) in [5, 5.41) is 10.8. The van der Waals surface area contributed by atoms with Crippen molar-refractivity contribution >= 4 is 10.0 Å². The minimum Gasteiger partial charge on any atom is -0.387 e. The predicted molar refractivity (Wildman–Crippen MR) is 86.0 cm³/mol. The van der Waals surface area contributed by atoms with Crippen LogP contribution in [0.5, 0.6) is 0 Å². The molecule has 1 aromatic rings. The van der Waals surface area contributed by atoms with Gasteiger partial charge in [0.25, 0.3) is 0 Å². The zero-order valence-corrected chi connectivity index (χ0v) is 13.8. The maximum Gasteiger partial charge on any atom is 0.213 e. The van der Waals surface area contributed by atoms with E-state index in [-0.39, 0.29) is 12.3 Å². The molecule has 22 heavy (non-hydrogen) atoms. The Hall–Kier alpha value is -0.950. The molecule has 0 bridgehead atoms. The quantitative estimate of drug-likeness (QED) is 0.891. The van der Waals surface area contributed by atoms with Crippen molar-refractivity contribution in [1.29, 1.82) is 0 Å². The van der Waals surface area contributed by atoms with E-state index in [1.807, 2.05) is 6.07 Å². The molecule has 2 aliphatic heterocycles. The molecular formula is C16H24N2O3S. The molecule has 0 radical (unpaired) electrons. The van der Waals surface area contributed by atoms with Crippen LogP contribution in [-0.2, 0) is 23.0 Å². The molecule has 0 unspecified atom stereocenters. The molecule has 2 heterocycles. The van der Waals surface area contributed by atoms with Gasteiger partial charge in [0.15, 0.2) is 0 Å². The Bertz CT molecular complexity index is 647. The molecule has 0 spiro atoms. The van der Waals surface area contributed by atoms with Gasteiger partial charge in [-0.2, -0.15) is 4.31 Å². The highest BCUT2D eigenvalue weighted by Gasteiger charge is 2.41. The summed E-state index contributed by atoms with van der Waals surface area (Å²) in [4.78, 5) is 2.24. The molecule has 122 valence electrons. The second kappa shape index (κ2) is 5.92. The van der Waals surface area contributed by atoms with Crippen LogP contribution in [0.15, 0.2) is 24.3 Å². The molecule has 0 saturated carbocycles. The molecule has 1 saturated heterocycles. The zero-order valence-electron chi connectivity index (χ0n) is 13.0. The van der Waals surface area contributed by atoms with Crippen LogP contribution in [0.25, 0.3) is 0 Å². The largest absolute Gasteiger partial charge is 0.387 e. The summed E-state index contributed by atoms with van der Waals surface area (Å²) in [5.74, 6) is 0.0974. The smallest absolute Gasteiger partial charge is 0.213 e. The molecular weight excluding hydrogens is 300 g/mol. The number of rotatable bonds is 4. The van der Waals surface area contributed by atoms with Crippen molar-refractivity contribution in [2.45, 2.75) is 31.9 Å². The van der Waals surface area contributed by atoms with E-state index in [0.717, 1.165) is 19.5 Å². The van der Waals surface area contributed by atoms with Gasteiger partial charge in [0, 0.05) is 32.7 Å². The van der Waals surface area contributed by atoms with Gasteiger partial charge in [-0.15, -0.1) is 0 Å². The summed E-state index contributed by atoms with van der Waals surface area (Å²) in [6.07, 6.45) is 1.51. The highest BCUT2D eigenvalue weighted by Crippen LogP contribution is 2.27. The zero-order chi connectivity index (χ0) is 15.8. The highest BCUT2D eigenvalue weighted by molar-refractivity contribution is 7.89. The molecule has 1 N–H and O–H groups in total. The minimum atomic E-state index is -3.20. The first-order valence-electron chi connectivity index (χ1n) is 7.91. The van der Waals surface area contributed by atoms with Gasteiger partial charge in [0.1, 0.15) is 0 Å². The second-order valence-corrected chi connectivity index (χ2v) is 8.70. The fourth-order valence-corrected chi connectivity index (χ4v) is 4.65. The summed E-state index contributed by atoms with van der Waals surface area (Å²) in [6, 6.07) is 8.40. The summed E-state index contributed by atoms with van der Waals surface area (Å²) >= 11 is 0. The normalized spacial score (nSPS) is 27.0. The average Bonchev–Trinajstić information content (AvgIpc) is 2.90. The van der Waals surface area contributed by atoms with Gasteiger partial charge in [-0.1, -0.05) is 24.3 Å². The Morgan fingerprint density at radius 1 is 1.23 bits per heavy atom. The first kappa shape index (κ1) is 15.9. The van der Waals surface area contributed by atoms with Crippen LogP contribution in [0.2, 0.25) is 0 Å². The lowest BCUT2D eigenvalue weighted by Crippen LogP contribution is -2.47. The predicted octanol–water partition coefficient (Wildman–Crippen LogP) is 0.831. The molecule has 1 aromatic carbocycles. The number of sulfonamides is 1. The monoisotopic (exact) mass is 324 g/mol. The van der Waals surface area contributed by atoms with Gasteiger partial charge in [-0.3, -0.25) is 4.90 Å². The van der Waals surface area contributed by atoms with E-state index in [0.29, 0.717) is 19.5 Å². The standard InChI is InChI=1S/C16H24N2O3S/c1-2-22(20,21)18-10-8-16(19,13-18)12-17-9-7-14-5-3-4-6-15(14)11-17/h3-6,19H,2,7-13H2,1H3/t16-/m1/s1. The molecule has 5 nitrogen and oxygen atoms in total. The average molecular weight is 324 g/mol. The van der Waals surface area contributed by atoms with Gasteiger partial charge in [-0.25, -0.2) is 8.42 Å². The lowest BCUT2D eigenvalue weighted by Gasteiger charge is -2.34. The number of benzene rings is 1. The van der Waals surface area contributed by atoms with Crippen molar-refractivity contribution in [3.05, 3.63) is 35.4 Å². The third kappa shape index (κ3) is 3.20. The molecule has 1 fully saturated rings. The maximum atomic E-state index is 11.9. The lowest BCUT2D eigenvalue weighted by atomic mass is 9.97. The van der Waals surface area contributed by atoms with Crippen LogP contribution in [-0.4, -0.2) is 60.3 Å². The van der Waals surface area contributed by atoms with Crippen molar-refractivity contribution < 1.29 is 13.5 Å². The van der Waals surface area contributed by atoms with Crippen LogP contribution in [0.3, 0.4) is 0 Å². The van der Waals surface area contributed by atoms with Gasteiger partial charge in [-0.05, 0) is 30.9 Å². The van der Waals surface area contributed by atoms with Crippen molar-refractivity contribution in [3.8, 4) is 0 Å². The maximum absolute atomic E-state index is 11.9. The summed E-state index contributed by atoms with van der Waals surface area (Å²) in [5.41, 5.74) is 1.77. The molecule has 0 amide bonds. The van der Waals surface area contributed by atoms with E-state index in [1.54, 1.807) is 6.92 Å². The Balaban J connectivity index is 1.65. The van der Waals surface area contributed by atoms with E-state index < -0.39 is 15.6 Å². The SMILES string of the molecule is CCS(=O)(=O)N1CC[C@@](O)(CN2CCc3ccccc3C2)C1. The van der Waals surface area contributed by atoms with Gasteiger partial charge < -0.3 is 5.11 Å². The molecule has 0 aromatic heterocycles. The lowest BCUT2D eigenvalue weighted by molar-refractivity contribution is 0.0127. The van der Waals surface area contributed by atoms with E-state index in [4.69, 9.17) is 0 Å². The third-order valence-corrected chi connectivity index (χ3v) is 6.61. The van der Waals surface area contributed by atoms with Crippen molar-refractivity contribution in [3.63, 3.8) is 0 Å². The summed E-state index contributed by atoms with van der Waals surface area (Å²) < 4.78 is 25.3. The molecule has 2 aliphatic rings. The molecule has 3 rings (SSSR count). The van der Waals surface area contributed by atoms with Gasteiger partial charge in [0.05, 0.1) is 11.4 Å². The first-order chi connectivity index (χ1) is 10.4. The first-order valence-corrected chi connectivity index (χ1v) is 9.52. The van der Waals surface area contributed by atoms with Crippen LogP contribution < -0.4 is 0 Å². The van der Waals surface area contributed by atoms with Crippen LogP contribution in [0.1, 0.15) is 24.5 Å². The van der Waals surface area contributed by atoms with Crippen LogP contribution in [0, 0.1) is 0 Å². The number of nitrogens with zero attached hydrogens (tertiary/aromatic N) is 2. The van der Waals surface area contributed by atoms with Crippen LogP contribution >= 0.6 is 0 Å². The fraction of sp³-hybridized carbons (Fsp3) is 0.625. The molecule has 1 atom stereocenters. The number of hydrogen-bond donors (Lipinski definition) is 1. The minimum absolute atomic E-state index is 0.0974. The highest BCUT2D eigenvalue weighted by atomic mass is 32.2. The Labute approximate surface area is 132 Å². The van der Waals surface area contributed by atoms with Crippen molar-refractivity contribution in [2.24, 2.45) is 0 Å².